The van der Waals surface area contributed by atoms with Crippen LogP contribution in [0.4, 0.5) is 0 Å². The van der Waals surface area contributed by atoms with Crippen molar-refractivity contribution in [1.29, 1.82) is 0 Å². The van der Waals surface area contributed by atoms with Gasteiger partial charge < -0.3 is 9.88 Å². The molecule has 0 aliphatic carbocycles. The molecular weight excluding hydrogens is 390 g/mol. The highest BCUT2D eigenvalue weighted by atomic mass is 79.9. The van der Waals surface area contributed by atoms with Gasteiger partial charge in [-0.15, -0.1) is 11.3 Å². The fourth-order valence-corrected chi connectivity index (χ4v) is 4.07. The highest BCUT2D eigenvalue weighted by Crippen LogP contribution is 2.36. The minimum atomic E-state index is 0.314. The number of rotatable bonds is 6. The number of thiophene rings is 1. The van der Waals surface area contributed by atoms with Gasteiger partial charge in [-0.25, -0.2) is 4.98 Å². The molecule has 0 spiro atoms. The van der Waals surface area contributed by atoms with Crippen molar-refractivity contribution in [2.45, 2.75) is 25.8 Å². The van der Waals surface area contributed by atoms with Gasteiger partial charge in [0.2, 0.25) is 0 Å². The van der Waals surface area contributed by atoms with Gasteiger partial charge in [0.25, 0.3) is 0 Å². The van der Waals surface area contributed by atoms with Gasteiger partial charge >= 0.3 is 0 Å². The van der Waals surface area contributed by atoms with Gasteiger partial charge in [0.15, 0.2) is 0 Å². The van der Waals surface area contributed by atoms with Gasteiger partial charge in [0, 0.05) is 41.3 Å². The first kappa shape index (κ1) is 15.2. The third-order valence-corrected chi connectivity index (χ3v) is 6.33. The molecule has 104 valence electrons. The minimum Gasteiger partial charge on any atom is -0.338 e. The summed E-state index contributed by atoms with van der Waals surface area (Å²) in [7, 11) is 2.04. The summed E-state index contributed by atoms with van der Waals surface area (Å²) in [6, 6.07) is 2.50. The Morgan fingerprint density at radius 2 is 2.26 bits per heavy atom. The average Bonchev–Trinajstić information content (AvgIpc) is 2.92. The van der Waals surface area contributed by atoms with E-state index in [1.165, 1.54) is 4.88 Å². The topological polar surface area (TPSA) is 29.9 Å². The number of aryl methyl sites for hydroxylation is 1. The zero-order valence-corrected chi connectivity index (χ0v) is 15.0. The molecule has 0 saturated heterocycles. The van der Waals surface area contributed by atoms with Crippen LogP contribution in [0.1, 0.15) is 30.1 Å². The third kappa shape index (κ3) is 3.90. The SMILES string of the molecule is CCCNC(Cc1nccn1C)c1cc(Br)c(Br)s1. The summed E-state index contributed by atoms with van der Waals surface area (Å²) < 4.78 is 4.35. The molecule has 1 N–H and O–H groups in total. The minimum absolute atomic E-state index is 0.314. The number of imidazole rings is 1. The molecule has 0 aromatic carbocycles. The Labute approximate surface area is 134 Å². The lowest BCUT2D eigenvalue weighted by molar-refractivity contribution is 0.518. The van der Waals surface area contributed by atoms with Crippen LogP contribution in [0.15, 0.2) is 26.7 Å². The van der Waals surface area contributed by atoms with Gasteiger partial charge in [0.1, 0.15) is 5.82 Å². The van der Waals surface area contributed by atoms with Crippen LogP contribution in [-0.4, -0.2) is 16.1 Å². The van der Waals surface area contributed by atoms with E-state index < -0.39 is 0 Å². The molecular formula is C13H17Br2N3S. The largest absolute Gasteiger partial charge is 0.338 e. The molecule has 6 heteroatoms. The van der Waals surface area contributed by atoms with Crippen LogP contribution >= 0.6 is 43.2 Å². The van der Waals surface area contributed by atoms with E-state index in [0.717, 1.165) is 33.5 Å². The van der Waals surface area contributed by atoms with Gasteiger partial charge in [-0.3, -0.25) is 0 Å². The summed E-state index contributed by atoms with van der Waals surface area (Å²) in [6.07, 6.45) is 5.88. The molecule has 3 nitrogen and oxygen atoms in total. The molecule has 19 heavy (non-hydrogen) atoms. The second-order valence-corrected chi connectivity index (χ2v) is 7.69. The zero-order chi connectivity index (χ0) is 13.8. The summed E-state index contributed by atoms with van der Waals surface area (Å²) in [4.78, 5) is 5.75. The first-order valence-electron chi connectivity index (χ1n) is 6.26. The summed E-state index contributed by atoms with van der Waals surface area (Å²) >= 11 is 8.90. The summed E-state index contributed by atoms with van der Waals surface area (Å²) in [5.74, 6) is 1.11. The Hall–Kier alpha value is -0.170. The maximum atomic E-state index is 4.42. The molecule has 0 bridgehead atoms. The molecule has 0 radical (unpaired) electrons. The Bertz CT molecular complexity index is 516. The van der Waals surface area contributed by atoms with E-state index in [4.69, 9.17) is 0 Å². The Kier molecular flexibility index (Phi) is 5.62. The van der Waals surface area contributed by atoms with Gasteiger partial charge in [-0.05, 0) is 50.9 Å². The average molecular weight is 407 g/mol. The van der Waals surface area contributed by atoms with E-state index in [9.17, 15) is 0 Å². The molecule has 2 aromatic heterocycles. The van der Waals surface area contributed by atoms with Crippen LogP contribution in [0.3, 0.4) is 0 Å². The second-order valence-electron chi connectivity index (χ2n) is 4.44. The molecule has 2 heterocycles. The first-order valence-corrected chi connectivity index (χ1v) is 8.66. The number of hydrogen-bond donors (Lipinski definition) is 1. The van der Waals surface area contributed by atoms with Crippen molar-refractivity contribution in [2.75, 3.05) is 6.54 Å². The third-order valence-electron chi connectivity index (χ3n) is 2.96. The second kappa shape index (κ2) is 7.02. The zero-order valence-electron chi connectivity index (χ0n) is 11.0. The number of aromatic nitrogens is 2. The fourth-order valence-electron chi connectivity index (χ4n) is 1.90. The number of nitrogens with one attached hydrogen (secondary N) is 1. The lowest BCUT2D eigenvalue weighted by Crippen LogP contribution is -2.24. The van der Waals surface area contributed by atoms with Gasteiger partial charge in [0.05, 0.1) is 3.79 Å². The van der Waals surface area contributed by atoms with E-state index in [0.29, 0.717) is 6.04 Å². The van der Waals surface area contributed by atoms with Crippen molar-refractivity contribution in [3.8, 4) is 0 Å². The molecule has 1 unspecified atom stereocenters. The van der Waals surface area contributed by atoms with E-state index in [1.807, 2.05) is 19.4 Å². The van der Waals surface area contributed by atoms with Gasteiger partial charge in [-0.1, -0.05) is 6.92 Å². The van der Waals surface area contributed by atoms with Crippen LogP contribution in [-0.2, 0) is 13.5 Å². The van der Waals surface area contributed by atoms with Crippen LogP contribution in [0.25, 0.3) is 0 Å². The molecule has 2 rings (SSSR count). The molecule has 0 amide bonds. The smallest absolute Gasteiger partial charge is 0.110 e. The summed E-state index contributed by atoms with van der Waals surface area (Å²) in [5, 5.41) is 3.61. The lowest BCUT2D eigenvalue weighted by atomic mass is 10.1. The predicted octanol–water partition coefficient (Wildman–Crippen LogP) is 4.29. The van der Waals surface area contributed by atoms with E-state index in [1.54, 1.807) is 11.3 Å². The monoisotopic (exact) mass is 405 g/mol. The summed E-state index contributed by atoms with van der Waals surface area (Å²) in [6.45, 7) is 3.20. The maximum absolute atomic E-state index is 4.42. The molecule has 0 aliphatic heterocycles. The fraction of sp³-hybridized carbons (Fsp3) is 0.462. The lowest BCUT2D eigenvalue weighted by Gasteiger charge is -2.16. The number of halogens is 2. The highest BCUT2D eigenvalue weighted by molar-refractivity contribution is 9.13. The Balaban J connectivity index is 2.18. The molecule has 2 aromatic rings. The predicted molar refractivity (Wildman–Crippen MR) is 87.7 cm³/mol. The van der Waals surface area contributed by atoms with Crippen molar-refractivity contribution >= 4 is 43.2 Å². The van der Waals surface area contributed by atoms with Crippen LogP contribution in [0, 0.1) is 0 Å². The number of hydrogen-bond acceptors (Lipinski definition) is 3. The van der Waals surface area contributed by atoms with Crippen molar-refractivity contribution < 1.29 is 0 Å². The van der Waals surface area contributed by atoms with Crippen molar-refractivity contribution in [2.24, 2.45) is 7.05 Å². The molecule has 0 fully saturated rings. The molecule has 0 aliphatic rings. The highest BCUT2D eigenvalue weighted by Gasteiger charge is 2.17. The van der Waals surface area contributed by atoms with E-state index >= 15 is 0 Å². The van der Waals surface area contributed by atoms with Gasteiger partial charge in [-0.2, -0.15) is 0 Å². The van der Waals surface area contributed by atoms with Crippen molar-refractivity contribution in [1.82, 2.24) is 14.9 Å². The van der Waals surface area contributed by atoms with E-state index in [2.05, 4.69) is 59.7 Å². The van der Waals surface area contributed by atoms with Crippen LogP contribution < -0.4 is 5.32 Å². The maximum Gasteiger partial charge on any atom is 0.110 e. The van der Waals surface area contributed by atoms with Crippen LogP contribution in [0.2, 0.25) is 0 Å². The Morgan fingerprint density at radius 3 is 2.79 bits per heavy atom. The van der Waals surface area contributed by atoms with Crippen molar-refractivity contribution in [3.63, 3.8) is 0 Å². The first-order chi connectivity index (χ1) is 9.11. The molecule has 0 saturated carbocycles. The summed E-state index contributed by atoms with van der Waals surface area (Å²) in [5.41, 5.74) is 0. The molecule has 1 atom stereocenters. The Morgan fingerprint density at radius 1 is 1.47 bits per heavy atom. The standard InChI is InChI=1S/C13H17Br2N3S/c1-3-4-16-10(8-12-17-5-6-18(12)2)11-7-9(14)13(15)19-11/h5-7,10,16H,3-4,8H2,1-2H3. The number of nitrogens with zero attached hydrogens (tertiary/aromatic N) is 2. The quantitative estimate of drug-likeness (QED) is 0.775. The van der Waals surface area contributed by atoms with Crippen LogP contribution in [0.5, 0.6) is 0 Å². The van der Waals surface area contributed by atoms with Crippen molar-refractivity contribution in [3.05, 3.63) is 37.4 Å². The van der Waals surface area contributed by atoms with E-state index in [-0.39, 0.29) is 0 Å². The normalized spacial score (nSPS) is 12.8.